The summed E-state index contributed by atoms with van der Waals surface area (Å²) in [5.41, 5.74) is 2.13. The molecule has 38 heavy (non-hydrogen) atoms. The molecular weight excluding hydrogens is 522 g/mol. The van der Waals surface area contributed by atoms with Crippen molar-refractivity contribution < 1.29 is 18.0 Å². The minimum atomic E-state index is -3.53. The number of piperidine rings is 1. The Bertz CT molecular complexity index is 1660. The third-order valence-corrected chi connectivity index (χ3v) is 9.32. The van der Waals surface area contributed by atoms with Crippen molar-refractivity contribution in [2.24, 2.45) is 0 Å². The number of carbonyl (C=O) groups is 2. The lowest BCUT2D eigenvalue weighted by molar-refractivity contribution is 0.0893. The summed E-state index contributed by atoms with van der Waals surface area (Å²) in [5.74, 6) is -0.793. The van der Waals surface area contributed by atoms with E-state index in [0.717, 1.165) is 11.1 Å². The van der Waals surface area contributed by atoms with Crippen LogP contribution in [-0.2, 0) is 10.0 Å². The summed E-state index contributed by atoms with van der Waals surface area (Å²) >= 11 is 6.13. The molecule has 0 unspecified atom stereocenters. The van der Waals surface area contributed by atoms with E-state index in [2.05, 4.69) is 5.32 Å². The molecule has 7 nitrogen and oxygen atoms in total. The summed E-state index contributed by atoms with van der Waals surface area (Å²) in [6.07, 6.45) is 1.27. The predicted molar refractivity (Wildman–Crippen MR) is 148 cm³/mol. The van der Waals surface area contributed by atoms with Crippen molar-refractivity contribution in [3.8, 4) is 0 Å². The smallest absolute Gasteiger partial charge is 0.265 e. The fourth-order valence-corrected chi connectivity index (χ4v) is 6.95. The normalized spacial score (nSPS) is 16.7. The van der Waals surface area contributed by atoms with Crippen LogP contribution in [0.25, 0.3) is 10.8 Å². The van der Waals surface area contributed by atoms with E-state index in [1.165, 1.54) is 9.21 Å². The Balaban J connectivity index is 1.26. The number of amides is 2. The number of nitrogens with zero attached hydrogens (tertiary/aromatic N) is 2. The molecule has 0 saturated carbocycles. The monoisotopic (exact) mass is 545 g/mol. The number of anilines is 2. The molecule has 0 aliphatic carbocycles. The van der Waals surface area contributed by atoms with Gasteiger partial charge in [0.05, 0.1) is 10.6 Å². The Morgan fingerprint density at radius 3 is 2.18 bits per heavy atom. The van der Waals surface area contributed by atoms with Crippen LogP contribution in [0.5, 0.6) is 0 Å². The van der Waals surface area contributed by atoms with Crippen molar-refractivity contribution in [1.82, 2.24) is 4.31 Å². The van der Waals surface area contributed by atoms with Crippen molar-refractivity contribution in [3.05, 3.63) is 101 Å². The van der Waals surface area contributed by atoms with Crippen molar-refractivity contribution in [2.45, 2.75) is 23.8 Å². The fourth-order valence-electron chi connectivity index (χ4n) is 5.27. The van der Waals surface area contributed by atoms with Gasteiger partial charge >= 0.3 is 0 Å². The second-order valence-electron chi connectivity index (χ2n) is 9.45. The third kappa shape index (κ3) is 4.15. The number of hydrogen-bond donors (Lipinski definition) is 1. The predicted octanol–water partition coefficient (Wildman–Crippen LogP) is 5.56. The summed E-state index contributed by atoms with van der Waals surface area (Å²) in [7, 11) is -3.53. The quantitative estimate of drug-likeness (QED) is 0.332. The number of carbonyl (C=O) groups excluding carboxylic acids is 2. The summed E-state index contributed by atoms with van der Waals surface area (Å²) in [5, 5.41) is 5.39. The Kier molecular flexibility index (Phi) is 6.18. The van der Waals surface area contributed by atoms with Gasteiger partial charge in [-0.25, -0.2) is 13.3 Å². The van der Waals surface area contributed by atoms with Crippen molar-refractivity contribution in [3.63, 3.8) is 0 Å². The highest BCUT2D eigenvalue weighted by atomic mass is 35.5. The van der Waals surface area contributed by atoms with E-state index in [9.17, 15) is 18.0 Å². The highest BCUT2D eigenvalue weighted by molar-refractivity contribution is 7.89. The van der Waals surface area contributed by atoms with Crippen LogP contribution in [-0.4, -0.2) is 43.7 Å². The van der Waals surface area contributed by atoms with E-state index >= 15 is 0 Å². The number of sulfonamides is 1. The Morgan fingerprint density at radius 2 is 1.47 bits per heavy atom. The SMILES string of the molecule is O=C1c2cccc3c(NC4CCN(S(=O)(=O)c5ccccc5)CC4)ccc(c23)C(=O)N1c1cccc(Cl)c1. The molecule has 4 aromatic rings. The van der Waals surface area contributed by atoms with Gasteiger partial charge in [-0.2, -0.15) is 4.31 Å². The number of hydrogen-bond acceptors (Lipinski definition) is 5. The lowest BCUT2D eigenvalue weighted by Gasteiger charge is -2.33. The Morgan fingerprint density at radius 1 is 0.789 bits per heavy atom. The number of benzene rings is 4. The zero-order chi connectivity index (χ0) is 26.4. The molecular formula is C29H24ClN3O4S. The van der Waals surface area contributed by atoms with Gasteiger partial charge in [0.1, 0.15) is 0 Å². The molecule has 1 N–H and O–H groups in total. The van der Waals surface area contributed by atoms with Gasteiger partial charge < -0.3 is 5.32 Å². The van der Waals surface area contributed by atoms with Crippen LogP contribution in [0.1, 0.15) is 33.6 Å². The fraction of sp³-hybridized carbons (Fsp3) is 0.172. The van der Waals surface area contributed by atoms with Crippen LogP contribution in [0, 0.1) is 0 Å². The highest BCUT2D eigenvalue weighted by Crippen LogP contribution is 2.37. The van der Waals surface area contributed by atoms with E-state index in [4.69, 9.17) is 11.6 Å². The van der Waals surface area contributed by atoms with Crippen LogP contribution in [0.2, 0.25) is 5.02 Å². The molecule has 192 valence electrons. The first-order chi connectivity index (χ1) is 18.3. The van der Waals surface area contributed by atoms with E-state index in [1.807, 2.05) is 18.2 Å². The zero-order valence-electron chi connectivity index (χ0n) is 20.3. The highest BCUT2D eigenvalue weighted by Gasteiger charge is 2.35. The maximum atomic E-state index is 13.5. The van der Waals surface area contributed by atoms with Crippen LogP contribution in [0.3, 0.4) is 0 Å². The summed E-state index contributed by atoms with van der Waals surface area (Å²) in [4.78, 5) is 28.4. The van der Waals surface area contributed by atoms with Crippen LogP contribution in [0.15, 0.2) is 89.8 Å². The number of nitrogens with one attached hydrogen (secondary N) is 1. The first-order valence-corrected chi connectivity index (χ1v) is 14.2. The molecule has 0 radical (unpaired) electrons. The Labute approximate surface area is 225 Å². The second-order valence-corrected chi connectivity index (χ2v) is 11.8. The molecule has 0 spiro atoms. The molecule has 1 fully saturated rings. The molecule has 2 aliphatic rings. The van der Waals surface area contributed by atoms with Gasteiger partial charge in [-0.3, -0.25) is 9.59 Å². The molecule has 1 saturated heterocycles. The first-order valence-electron chi connectivity index (χ1n) is 12.4. The summed E-state index contributed by atoms with van der Waals surface area (Å²) in [6, 6.07) is 24.3. The van der Waals surface area contributed by atoms with E-state index < -0.39 is 21.8 Å². The van der Waals surface area contributed by atoms with Crippen LogP contribution >= 0.6 is 11.6 Å². The van der Waals surface area contributed by atoms with Gasteiger partial charge in [-0.1, -0.05) is 48.0 Å². The first kappa shape index (κ1) is 24.6. The largest absolute Gasteiger partial charge is 0.382 e. The summed E-state index contributed by atoms with van der Waals surface area (Å²) < 4.78 is 27.5. The van der Waals surface area contributed by atoms with Crippen molar-refractivity contribution >= 4 is 55.6 Å². The van der Waals surface area contributed by atoms with Gasteiger partial charge in [0.2, 0.25) is 10.0 Å². The molecule has 0 bridgehead atoms. The minimum Gasteiger partial charge on any atom is -0.382 e. The maximum absolute atomic E-state index is 13.5. The van der Waals surface area contributed by atoms with Gasteiger partial charge in [0.25, 0.3) is 11.8 Å². The van der Waals surface area contributed by atoms with Crippen molar-refractivity contribution in [2.75, 3.05) is 23.3 Å². The van der Waals surface area contributed by atoms with Gasteiger partial charge in [0.15, 0.2) is 0 Å². The molecule has 9 heteroatoms. The number of halogens is 1. The lowest BCUT2D eigenvalue weighted by Crippen LogP contribution is -2.42. The average molecular weight is 546 g/mol. The Hall–Kier alpha value is -3.72. The zero-order valence-corrected chi connectivity index (χ0v) is 21.9. The van der Waals surface area contributed by atoms with Crippen LogP contribution < -0.4 is 10.2 Å². The van der Waals surface area contributed by atoms with Crippen molar-refractivity contribution in [1.29, 1.82) is 0 Å². The molecule has 6 rings (SSSR count). The van der Waals surface area contributed by atoms with Gasteiger partial charge in [-0.15, -0.1) is 0 Å². The molecule has 2 heterocycles. The topological polar surface area (TPSA) is 86.8 Å². The van der Waals surface area contributed by atoms with E-state index in [0.29, 0.717) is 58.0 Å². The third-order valence-electron chi connectivity index (χ3n) is 7.17. The minimum absolute atomic E-state index is 0.0484. The summed E-state index contributed by atoms with van der Waals surface area (Å²) in [6.45, 7) is 0.809. The molecule has 2 amide bonds. The molecule has 0 atom stereocenters. The lowest BCUT2D eigenvalue weighted by atomic mass is 9.92. The second kappa shape index (κ2) is 9.54. The maximum Gasteiger partial charge on any atom is 0.265 e. The van der Waals surface area contributed by atoms with E-state index in [1.54, 1.807) is 66.7 Å². The number of rotatable bonds is 5. The average Bonchev–Trinajstić information content (AvgIpc) is 2.93. The van der Waals surface area contributed by atoms with Gasteiger partial charge in [-0.05, 0) is 61.4 Å². The molecule has 4 aromatic carbocycles. The number of imide groups is 1. The van der Waals surface area contributed by atoms with Crippen LogP contribution in [0.4, 0.5) is 11.4 Å². The standard InChI is InChI=1S/C29H24ClN3O4S/c30-19-6-4-7-21(18-19)33-28(34)24-11-5-10-23-26(13-12-25(27(23)24)29(33)35)31-20-14-16-32(17-15-20)38(36,37)22-8-2-1-3-9-22/h1-13,18,20,31H,14-17H2. The molecule has 2 aliphatic heterocycles. The van der Waals surface area contributed by atoms with Gasteiger partial charge in [0, 0.05) is 51.7 Å². The van der Waals surface area contributed by atoms with E-state index in [-0.39, 0.29) is 6.04 Å². The molecule has 0 aromatic heterocycles.